The van der Waals surface area contributed by atoms with Crippen molar-refractivity contribution in [1.29, 1.82) is 0 Å². The van der Waals surface area contributed by atoms with E-state index in [0.29, 0.717) is 0 Å². The number of rotatable bonds is 2. The molecule has 1 aliphatic heterocycles. The second kappa shape index (κ2) is 5.11. The number of nitrogens with zero attached hydrogens (tertiary/aromatic N) is 2. The molecule has 0 saturated carbocycles. The lowest BCUT2D eigenvalue weighted by atomic mass is 10.5. The predicted octanol–water partition coefficient (Wildman–Crippen LogP) is 2.18. The minimum atomic E-state index is 0.828. The van der Waals surface area contributed by atoms with E-state index in [-0.39, 0.29) is 0 Å². The maximum Gasteiger partial charge on any atom is 0.0603 e. The van der Waals surface area contributed by atoms with Crippen LogP contribution >= 0.6 is 27.9 Å². The molecule has 76 valence electrons. The number of hydrogen-bond acceptors (Lipinski definition) is 4. The second-order valence-electron chi connectivity index (χ2n) is 2.97. The summed E-state index contributed by atoms with van der Waals surface area (Å²) < 4.78 is 8.60. The highest BCUT2D eigenvalue weighted by Gasteiger charge is 2.11. The predicted molar refractivity (Wildman–Crippen MR) is 60.2 cm³/mol. The van der Waals surface area contributed by atoms with E-state index in [0.717, 1.165) is 30.8 Å². The third kappa shape index (κ3) is 2.95. The van der Waals surface area contributed by atoms with Crippen LogP contribution in [0.1, 0.15) is 0 Å². The summed E-state index contributed by atoms with van der Waals surface area (Å²) in [5.74, 6) is 0. The van der Waals surface area contributed by atoms with E-state index >= 15 is 0 Å². The van der Waals surface area contributed by atoms with E-state index in [4.69, 9.17) is 4.74 Å². The fourth-order valence-corrected chi connectivity index (χ4v) is 2.66. The third-order valence-corrected chi connectivity index (χ3v) is 3.38. The standard InChI is InChI=1S/C9H11BrN2OS/c10-8-5-9(7-11-6-8)14-12-1-3-13-4-2-12/h5-7H,1-4H2. The molecule has 0 aliphatic carbocycles. The van der Waals surface area contributed by atoms with E-state index in [2.05, 4.69) is 31.3 Å². The number of morpholine rings is 1. The largest absolute Gasteiger partial charge is 0.379 e. The van der Waals surface area contributed by atoms with Gasteiger partial charge in [-0.3, -0.25) is 4.98 Å². The summed E-state index contributed by atoms with van der Waals surface area (Å²) in [5.41, 5.74) is 0. The lowest BCUT2D eigenvalue weighted by Gasteiger charge is -2.25. The van der Waals surface area contributed by atoms with E-state index < -0.39 is 0 Å². The number of hydrogen-bond donors (Lipinski definition) is 0. The average molecular weight is 275 g/mol. The molecular weight excluding hydrogens is 264 g/mol. The van der Waals surface area contributed by atoms with Gasteiger partial charge in [0.05, 0.1) is 13.2 Å². The Balaban J connectivity index is 1.95. The molecule has 5 heteroatoms. The second-order valence-corrected chi connectivity index (χ2v) is 5.06. The van der Waals surface area contributed by atoms with Crippen LogP contribution in [0.15, 0.2) is 27.8 Å². The van der Waals surface area contributed by atoms with Gasteiger partial charge in [0.1, 0.15) is 0 Å². The fourth-order valence-electron chi connectivity index (χ4n) is 1.23. The molecule has 1 aliphatic rings. The maximum absolute atomic E-state index is 5.28. The van der Waals surface area contributed by atoms with Crippen LogP contribution in [0.2, 0.25) is 0 Å². The van der Waals surface area contributed by atoms with Gasteiger partial charge in [-0.1, -0.05) is 0 Å². The molecular formula is C9H11BrN2OS. The van der Waals surface area contributed by atoms with Gasteiger partial charge in [0.2, 0.25) is 0 Å². The van der Waals surface area contributed by atoms with Crippen LogP contribution in [-0.4, -0.2) is 35.6 Å². The van der Waals surface area contributed by atoms with Gasteiger partial charge in [0.15, 0.2) is 0 Å². The van der Waals surface area contributed by atoms with E-state index in [9.17, 15) is 0 Å². The van der Waals surface area contributed by atoms with Crippen LogP contribution in [-0.2, 0) is 4.74 Å². The molecule has 1 aromatic rings. The Bertz CT molecular complexity index is 305. The molecule has 0 N–H and O–H groups in total. The van der Waals surface area contributed by atoms with Gasteiger partial charge in [-0.25, -0.2) is 4.31 Å². The minimum Gasteiger partial charge on any atom is -0.379 e. The van der Waals surface area contributed by atoms with Crippen LogP contribution < -0.4 is 0 Å². The molecule has 1 fully saturated rings. The Kier molecular flexibility index (Phi) is 3.81. The van der Waals surface area contributed by atoms with E-state index in [1.807, 2.05) is 6.20 Å². The topological polar surface area (TPSA) is 25.4 Å². The summed E-state index contributed by atoms with van der Waals surface area (Å²) in [7, 11) is 0. The summed E-state index contributed by atoms with van der Waals surface area (Å²) in [5, 5.41) is 0. The van der Waals surface area contributed by atoms with Gasteiger partial charge in [0, 0.05) is 34.9 Å². The van der Waals surface area contributed by atoms with Crippen molar-refractivity contribution in [2.75, 3.05) is 26.3 Å². The van der Waals surface area contributed by atoms with Crippen molar-refractivity contribution >= 4 is 27.9 Å². The highest BCUT2D eigenvalue weighted by Crippen LogP contribution is 2.24. The molecule has 0 radical (unpaired) electrons. The van der Waals surface area contributed by atoms with Crippen molar-refractivity contribution in [2.45, 2.75) is 4.90 Å². The number of pyridine rings is 1. The van der Waals surface area contributed by atoms with E-state index in [1.54, 1.807) is 18.1 Å². The fraction of sp³-hybridized carbons (Fsp3) is 0.444. The van der Waals surface area contributed by atoms with Gasteiger partial charge < -0.3 is 4.74 Å². The van der Waals surface area contributed by atoms with Gasteiger partial charge in [0.25, 0.3) is 0 Å². The average Bonchev–Trinajstić information content (AvgIpc) is 2.19. The normalized spacial score (nSPS) is 18.4. The van der Waals surface area contributed by atoms with Crippen molar-refractivity contribution in [3.05, 3.63) is 22.9 Å². The first kappa shape index (κ1) is 10.4. The van der Waals surface area contributed by atoms with Crippen molar-refractivity contribution in [3.63, 3.8) is 0 Å². The van der Waals surface area contributed by atoms with Crippen molar-refractivity contribution in [1.82, 2.24) is 9.29 Å². The Hall–Kier alpha value is -0.100. The molecule has 2 heterocycles. The quantitative estimate of drug-likeness (QED) is 0.772. The monoisotopic (exact) mass is 274 g/mol. The van der Waals surface area contributed by atoms with Crippen LogP contribution in [0.4, 0.5) is 0 Å². The molecule has 0 bridgehead atoms. The lowest BCUT2D eigenvalue weighted by Crippen LogP contribution is -2.30. The molecule has 0 spiro atoms. The summed E-state index contributed by atoms with van der Waals surface area (Å²) in [6.45, 7) is 3.62. The summed E-state index contributed by atoms with van der Waals surface area (Å²) in [4.78, 5) is 5.29. The zero-order valence-corrected chi connectivity index (χ0v) is 10.1. The van der Waals surface area contributed by atoms with Crippen molar-refractivity contribution < 1.29 is 4.74 Å². The lowest BCUT2D eigenvalue weighted by molar-refractivity contribution is 0.0773. The maximum atomic E-state index is 5.28. The Morgan fingerprint density at radius 2 is 2.14 bits per heavy atom. The Labute approximate surface area is 96.1 Å². The van der Waals surface area contributed by atoms with Gasteiger partial charge in [-0.2, -0.15) is 0 Å². The van der Waals surface area contributed by atoms with Crippen LogP contribution in [0.25, 0.3) is 0 Å². The third-order valence-electron chi connectivity index (χ3n) is 1.88. The first-order chi connectivity index (χ1) is 6.84. The van der Waals surface area contributed by atoms with Crippen molar-refractivity contribution in [3.8, 4) is 0 Å². The summed E-state index contributed by atoms with van der Waals surface area (Å²) in [6.07, 6.45) is 3.67. The molecule has 1 saturated heterocycles. The van der Waals surface area contributed by atoms with E-state index in [1.165, 1.54) is 4.90 Å². The number of aromatic nitrogens is 1. The van der Waals surface area contributed by atoms with Crippen LogP contribution in [0.3, 0.4) is 0 Å². The van der Waals surface area contributed by atoms with Crippen LogP contribution in [0.5, 0.6) is 0 Å². The summed E-state index contributed by atoms with van der Waals surface area (Å²) in [6, 6.07) is 2.08. The smallest absolute Gasteiger partial charge is 0.0603 e. The first-order valence-corrected chi connectivity index (χ1v) is 6.02. The molecule has 0 atom stereocenters. The Morgan fingerprint density at radius 1 is 1.36 bits per heavy atom. The Morgan fingerprint density at radius 3 is 2.86 bits per heavy atom. The van der Waals surface area contributed by atoms with Gasteiger partial charge >= 0.3 is 0 Å². The molecule has 1 aromatic heterocycles. The SMILES string of the molecule is Brc1cncc(SN2CCOCC2)c1. The molecule has 3 nitrogen and oxygen atoms in total. The zero-order valence-electron chi connectivity index (χ0n) is 7.65. The number of halogens is 1. The van der Waals surface area contributed by atoms with Gasteiger partial charge in [-0.05, 0) is 33.9 Å². The summed E-state index contributed by atoms with van der Waals surface area (Å²) >= 11 is 5.15. The molecule has 14 heavy (non-hydrogen) atoms. The van der Waals surface area contributed by atoms with Crippen LogP contribution in [0, 0.1) is 0 Å². The minimum absolute atomic E-state index is 0.828. The van der Waals surface area contributed by atoms with Gasteiger partial charge in [-0.15, -0.1) is 0 Å². The molecule has 0 amide bonds. The van der Waals surface area contributed by atoms with Crippen molar-refractivity contribution in [2.24, 2.45) is 0 Å². The molecule has 0 unspecified atom stereocenters. The highest BCUT2D eigenvalue weighted by molar-refractivity contribution is 9.10. The molecule has 0 aromatic carbocycles. The first-order valence-electron chi connectivity index (χ1n) is 4.46. The molecule has 2 rings (SSSR count). The highest BCUT2D eigenvalue weighted by atomic mass is 79.9. The number of ether oxygens (including phenoxy) is 1. The zero-order chi connectivity index (χ0) is 9.80.